The van der Waals surface area contributed by atoms with Crippen LogP contribution in [0, 0.1) is 0 Å². The zero-order chi connectivity index (χ0) is 12.3. The third-order valence-electron chi connectivity index (χ3n) is 3.15. The highest BCUT2D eigenvalue weighted by molar-refractivity contribution is 4.92. The molecule has 0 aliphatic carbocycles. The Kier molecular flexibility index (Phi) is 7.72. The molecule has 0 aromatic carbocycles. The van der Waals surface area contributed by atoms with Crippen LogP contribution in [0.25, 0.3) is 0 Å². The normalized spacial score (nSPS) is 10.9. The predicted octanol–water partition coefficient (Wildman–Crippen LogP) is 3.17. The number of aromatic nitrogens is 2. The van der Waals surface area contributed by atoms with Gasteiger partial charge in [0.1, 0.15) is 5.82 Å². The van der Waals surface area contributed by atoms with Gasteiger partial charge in [0.05, 0.1) is 6.61 Å². The molecule has 0 aliphatic heterocycles. The SMILES string of the molecule is CCCCCCCCCc1nccn1CCO. The van der Waals surface area contributed by atoms with E-state index in [-0.39, 0.29) is 6.61 Å². The van der Waals surface area contributed by atoms with E-state index < -0.39 is 0 Å². The molecule has 98 valence electrons. The second kappa shape index (κ2) is 9.23. The Balaban J connectivity index is 2.07. The van der Waals surface area contributed by atoms with Crippen molar-refractivity contribution in [2.24, 2.45) is 0 Å². The molecule has 17 heavy (non-hydrogen) atoms. The molecular formula is C14H26N2O. The minimum Gasteiger partial charge on any atom is -0.395 e. The van der Waals surface area contributed by atoms with E-state index >= 15 is 0 Å². The van der Waals surface area contributed by atoms with Gasteiger partial charge in [0, 0.05) is 25.4 Å². The highest BCUT2D eigenvalue weighted by atomic mass is 16.3. The summed E-state index contributed by atoms with van der Waals surface area (Å²) >= 11 is 0. The Labute approximate surface area is 105 Å². The van der Waals surface area contributed by atoms with Crippen LogP contribution in [0.5, 0.6) is 0 Å². The Bertz CT molecular complexity index is 284. The van der Waals surface area contributed by atoms with Crippen molar-refractivity contribution in [2.75, 3.05) is 6.61 Å². The summed E-state index contributed by atoms with van der Waals surface area (Å²) < 4.78 is 2.05. The van der Waals surface area contributed by atoms with Crippen molar-refractivity contribution < 1.29 is 5.11 Å². The lowest BCUT2D eigenvalue weighted by Gasteiger charge is -2.05. The lowest BCUT2D eigenvalue weighted by atomic mass is 10.1. The highest BCUT2D eigenvalue weighted by Crippen LogP contribution is 2.09. The quantitative estimate of drug-likeness (QED) is 0.636. The number of unbranched alkanes of at least 4 members (excludes halogenated alkanes) is 6. The van der Waals surface area contributed by atoms with Crippen molar-refractivity contribution >= 4 is 0 Å². The van der Waals surface area contributed by atoms with Gasteiger partial charge in [0.25, 0.3) is 0 Å². The molecule has 0 saturated carbocycles. The molecule has 3 heteroatoms. The van der Waals surface area contributed by atoms with Gasteiger partial charge < -0.3 is 9.67 Å². The minimum absolute atomic E-state index is 0.195. The first-order valence-corrected chi connectivity index (χ1v) is 6.99. The lowest BCUT2D eigenvalue weighted by Crippen LogP contribution is -2.06. The minimum atomic E-state index is 0.195. The van der Waals surface area contributed by atoms with Gasteiger partial charge in [-0.2, -0.15) is 0 Å². The van der Waals surface area contributed by atoms with E-state index in [4.69, 9.17) is 5.11 Å². The van der Waals surface area contributed by atoms with E-state index in [9.17, 15) is 0 Å². The van der Waals surface area contributed by atoms with Gasteiger partial charge >= 0.3 is 0 Å². The van der Waals surface area contributed by atoms with Crippen LogP contribution >= 0.6 is 0 Å². The summed E-state index contributed by atoms with van der Waals surface area (Å²) in [4.78, 5) is 4.33. The van der Waals surface area contributed by atoms with Gasteiger partial charge in [0.2, 0.25) is 0 Å². The molecule has 0 atom stereocenters. The van der Waals surface area contributed by atoms with Crippen molar-refractivity contribution in [1.29, 1.82) is 0 Å². The van der Waals surface area contributed by atoms with Crippen molar-refractivity contribution in [3.8, 4) is 0 Å². The predicted molar refractivity (Wildman–Crippen MR) is 71.0 cm³/mol. The second-order valence-corrected chi connectivity index (χ2v) is 4.63. The van der Waals surface area contributed by atoms with E-state index in [1.54, 1.807) is 0 Å². The first-order chi connectivity index (χ1) is 8.38. The number of imidazole rings is 1. The fourth-order valence-corrected chi connectivity index (χ4v) is 2.12. The largest absolute Gasteiger partial charge is 0.395 e. The van der Waals surface area contributed by atoms with Crippen LogP contribution in [-0.2, 0) is 13.0 Å². The Morgan fingerprint density at radius 2 is 1.82 bits per heavy atom. The summed E-state index contributed by atoms with van der Waals surface area (Å²) in [6, 6.07) is 0. The molecule has 1 aromatic heterocycles. The zero-order valence-electron chi connectivity index (χ0n) is 11.1. The molecule has 0 unspecified atom stereocenters. The maximum atomic E-state index is 8.91. The molecule has 0 aliphatic rings. The third-order valence-corrected chi connectivity index (χ3v) is 3.15. The number of aryl methyl sites for hydroxylation is 1. The van der Waals surface area contributed by atoms with E-state index in [1.807, 2.05) is 12.4 Å². The van der Waals surface area contributed by atoms with Gasteiger partial charge in [-0.25, -0.2) is 4.98 Å². The zero-order valence-corrected chi connectivity index (χ0v) is 11.1. The topological polar surface area (TPSA) is 38.0 Å². The number of hydrogen-bond donors (Lipinski definition) is 1. The van der Waals surface area contributed by atoms with Crippen LogP contribution < -0.4 is 0 Å². The standard InChI is InChI=1S/C14H26N2O/c1-2-3-4-5-6-7-8-9-14-15-10-11-16(14)12-13-17/h10-11,17H,2-9,12-13H2,1H3. The van der Waals surface area contributed by atoms with Crippen LogP contribution in [0.1, 0.15) is 57.7 Å². The number of hydrogen-bond acceptors (Lipinski definition) is 2. The van der Waals surface area contributed by atoms with Crippen LogP contribution in [0.15, 0.2) is 12.4 Å². The van der Waals surface area contributed by atoms with Crippen molar-refractivity contribution in [1.82, 2.24) is 9.55 Å². The fourth-order valence-electron chi connectivity index (χ4n) is 2.12. The molecule has 1 aromatic rings. The fraction of sp³-hybridized carbons (Fsp3) is 0.786. The van der Waals surface area contributed by atoms with Gasteiger partial charge in [0.15, 0.2) is 0 Å². The summed E-state index contributed by atoms with van der Waals surface area (Å²) in [5, 5.41) is 8.91. The lowest BCUT2D eigenvalue weighted by molar-refractivity contribution is 0.274. The van der Waals surface area contributed by atoms with E-state index in [1.165, 1.54) is 44.9 Å². The molecule has 3 nitrogen and oxygen atoms in total. The summed E-state index contributed by atoms with van der Waals surface area (Å²) in [6.45, 7) is 3.12. The molecule has 0 amide bonds. The molecule has 1 heterocycles. The van der Waals surface area contributed by atoms with E-state index in [2.05, 4.69) is 16.5 Å². The average molecular weight is 238 g/mol. The molecule has 1 N–H and O–H groups in total. The van der Waals surface area contributed by atoms with Crippen LogP contribution in [0.4, 0.5) is 0 Å². The first-order valence-electron chi connectivity index (χ1n) is 6.99. The average Bonchev–Trinajstić information content (AvgIpc) is 2.76. The van der Waals surface area contributed by atoms with E-state index in [0.717, 1.165) is 12.2 Å². The van der Waals surface area contributed by atoms with E-state index in [0.29, 0.717) is 6.54 Å². The summed E-state index contributed by atoms with van der Waals surface area (Å²) in [5.41, 5.74) is 0. The monoisotopic (exact) mass is 238 g/mol. The Morgan fingerprint density at radius 1 is 1.12 bits per heavy atom. The van der Waals surface area contributed by atoms with Gasteiger partial charge in [-0.15, -0.1) is 0 Å². The van der Waals surface area contributed by atoms with Gasteiger partial charge in [-0.05, 0) is 6.42 Å². The van der Waals surface area contributed by atoms with Crippen LogP contribution in [-0.4, -0.2) is 21.3 Å². The summed E-state index contributed by atoms with van der Waals surface area (Å²) in [6.07, 6.45) is 14.1. The Hall–Kier alpha value is -0.830. The molecule has 1 rings (SSSR count). The van der Waals surface area contributed by atoms with Crippen molar-refractivity contribution in [3.63, 3.8) is 0 Å². The van der Waals surface area contributed by atoms with Crippen molar-refractivity contribution in [2.45, 2.75) is 64.8 Å². The first kappa shape index (κ1) is 14.2. The van der Waals surface area contributed by atoms with Gasteiger partial charge in [-0.1, -0.05) is 45.4 Å². The highest BCUT2D eigenvalue weighted by Gasteiger charge is 2.01. The maximum absolute atomic E-state index is 8.91. The number of rotatable bonds is 10. The van der Waals surface area contributed by atoms with Crippen molar-refractivity contribution in [3.05, 3.63) is 18.2 Å². The molecule has 0 fully saturated rings. The Morgan fingerprint density at radius 3 is 2.53 bits per heavy atom. The van der Waals surface area contributed by atoms with Crippen LogP contribution in [0.2, 0.25) is 0 Å². The molecule has 0 bridgehead atoms. The second-order valence-electron chi connectivity index (χ2n) is 4.63. The van der Waals surface area contributed by atoms with Crippen LogP contribution in [0.3, 0.4) is 0 Å². The smallest absolute Gasteiger partial charge is 0.108 e. The number of aliphatic hydroxyl groups is 1. The maximum Gasteiger partial charge on any atom is 0.108 e. The molecule has 0 radical (unpaired) electrons. The summed E-state index contributed by atoms with van der Waals surface area (Å²) in [5.74, 6) is 1.12. The number of aliphatic hydroxyl groups excluding tert-OH is 1. The molecular weight excluding hydrogens is 212 g/mol. The number of nitrogens with zero attached hydrogens (tertiary/aromatic N) is 2. The third kappa shape index (κ3) is 5.87. The molecule has 0 saturated heterocycles. The summed E-state index contributed by atoms with van der Waals surface area (Å²) in [7, 11) is 0. The van der Waals surface area contributed by atoms with Gasteiger partial charge in [-0.3, -0.25) is 0 Å². The molecule has 0 spiro atoms.